The van der Waals surface area contributed by atoms with E-state index in [2.05, 4.69) is 5.32 Å². The lowest BCUT2D eigenvalue weighted by molar-refractivity contribution is -0.119. The number of primary amides is 1. The predicted molar refractivity (Wildman–Crippen MR) is 99.8 cm³/mol. The molecule has 0 saturated carbocycles. The van der Waals surface area contributed by atoms with E-state index in [1.54, 1.807) is 18.2 Å². The normalized spacial score (nSPS) is 13.0. The molecular weight excluding hydrogens is 376 g/mol. The molecule has 8 heteroatoms. The number of ether oxygens (including phenoxy) is 1. The second kappa shape index (κ2) is 7.88. The molecular formula is C18H17ClN2O4S. The summed E-state index contributed by atoms with van der Waals surface area (Å²) in [4.78, 5) is 37.0. The Morgan fingerprint density at radius 1 is 1.23 bits per heavy atom. The van der Waals surface area contributed by atoms with E-state index < -0.39 is 24.4 Å². The van der Waals surface area contributed by atoms with Gasteiger partial charge >= 0.3 is 5.97 Å². The van der Waals surface area contributed by atoms with Crippen molar-refractivity contribution in [3.8, 4) is 0 Å². The fourth-order valence-corrected chi connectivity index (χ4v) is 4.41. The molecule has 0 aliphatic heterocycles. The summed E-state index contributed by atoms with van der Waals surface area (Å²) in [5.41, 5.74) is 7.05. The zero-order valence-corrected chi connectivity index (χ0v) is 15.4. The van der Waals surface area contributed by atoms with Crippen molar-refractivity contribution in [3.63, 3.8) is 0 Å². The van der Waals surface area contributed by atoms with Crippen molar-refractivity contribution in [2.45, 2.75) is 25.7 Å². The second-order valence-corrected chi connectivity index (χ2v) is 7.46. The zero-order chi connectivity index (χ0) is 18.7. The molecule has 26 heavy (non-hydrogen) atoms. The largest absolute Gasteiger partial charge is 0.452 e. The molecule has 1 aliphatic carbocycles. The van der Waals surface area contributed by atoms with Crippen LogP contribution in [0.4, 0.5) is 5.00 Å². The van der Waals surface area contributed by atoms with Crippen LogP contribution in [0.5, 0.6) is 0 Å². The van der Waals surface area contributed by atoms with Gasteiger partial charge in [-0.2, -0.15) is 0 Å². The first-order valence-corrected chi connectivity index (χ1v) is 9.32. The average Bonchev–Trinajstić information content (AvgIpc) is 2.97. The Balaban J connectivity index is 1.66. The number of carbonyl (C=O) groups is 3. The standard InChI is InChI=1S/C18H17ClN2O4S/c19-11-5-3-4-10(8-11)18(24)25-9-14(22)21-17-15(16(20)23)12-6-1-2-7-13(12)26-17/h3-5,8H,1-2,6-7,9H2,(H2,20,23)(H,21,22). The third kappa shape index (κ3) is 4.05. The summed E-state index contributed by atoms with van der Waals surface area (Å²) >= 11 is 7.19. The monoisotopic (exact) mass is 392 g/mol. The molecule has 0 saturated heterocycles. The van der Waals surface area contributed by atoms with Crippen LogP contribution in [0.15, 0.2) is 24.3 Å². The van der Waals surface area contributed by atoms with Crippen molar-refractivity contribution in [1.29, 1.82) is 0 Å². The van der Waals surface area contributed by atoms with Gasteiger partial charge < -0.3 is 15.8 Å². The SMILES string of the molecule is NC(=O)c1c(NC(=O)COC(=O)c2cccc(Cl)c2)sc2c1CCCC2. The summed E-state index contributed by atoms with van der Waals surface area (Å²) in [5, 5.41) is 3.47. The van der Waals surface area contributed by atoms with E-state index in [1.807, 2.05) is 0 Å². The van der Waals surface area contributed by atoms with E-state index in [4.69, 9.17) is 22.1 Å². The number of nitrogens with two attached hydrogens (primary N) is 1. The summed E-state index contributed by atoms with van der Waals surface area (Å²) in [6.45, 7) is -0.466. The average molecular weight is 393 g/mol. The second-order valence-electron chi connectivity index (χ2n) is 5.91. The van der Waals surface area contributed by atoms with Crippen molar-refractivity contribution >= 4 is 45.7 Å². The topological polar surface area (TPSA) is 98.5 Å². The number of thiophene rings is 1. The van der Waals surface area contributed by atoms with Gasteiger partial charge in [-0.05, 0) is 49.4 Å². The number of fused-ring (bicyclic) bond motifs is 1. The first-order valence-electron chi connectivity index (χ1n) is 8.12. The molecule has 0 bridgehead atoms. The highest BCUT2D eigenvalue weighted by atomic mass is 35.5. The third-order valence-corrected chi connectivity index (χ3v) is 5.51. The van der Waals surface area contributed by atoms with Crippen LogP contribution in [0, 0.1) is 0 Å². The van der Waals surface area contributed by atoms with E-state index in [-0.39, 0.29) is 5.56 Å². The molecule has 136 valence electrons. The van der Waals surface area contributed by atoms with Gasteiger partial charge in [0.1, 0.15) is 5.00 Å². The number of hydrogen-bond donors (Lipinski definition) is 2. The number of amides is 2. The van der Waals surface area contributed by atoms with Gasteiger partial charge in [0.25, 0.3) is 11.8 Å². The number of benzene rings is 1. The minimum Gasteiger partial charge on any atom is -0.452 e. The summed E-state index contributed by atoms with van der Waals surface area (Å²) in [6, 6.07) is 6.26. The van der Waals surface area contributed by atoms with Gasteiger partial charge in [0.2, 0.25) is 0 Å². The van der Waals surface area contributed by atoms with Crippen LogP contribution in [0.2, 0.25) is 5.02 Å². The summed E-state index contributed by atoms with van der Waals surface area (Å²) in [5.74, 6) is -1.74. The number of nitrogens with one attached hydrogen (secondary N) is 1. The number of halogens is 1. The van der Waals surface area contributed by atoms with Crippen LogP contribution in [0.1, 0.15) is 44.0 Å². The maximum Gasteiger partial charge on any atom is 0.338 e. The fourth-order valence-electron chi connectivity index (χ4n) is 2.91. The van der Waals surface area contributed by atoms with Gasteiger partial charge in [0, 0.05) is 9.90 Å². The Bertz CT molecular complexity index is 878. The molecule has 0 fully saturated rings. The van der Waals surface area contributed by atoms with E-state index in [1.165, 1.54) is 17.4 Å². The van der Waals surface area contributed by atoms with Gasteiger partial charge in [-0.25, -0.2) is 4.79 Å². The number of rotatable bonds is 5. The molecule has 1 heterocycles. The maximum absolute atomic E-state index is 12.1. The molecule has 3 rings (SSSR count). The zero-order valence-electron chi connectivity index (χ0n) is 13.8. The van der Waals surface area contributed by atoms with Crippen LogP contribution in [0.25, 0.3) is 0 Å². The predicted octanol–water partition coefficient (Wildman–Crippen LogP) is 3.17. The minimum atomic E-state index is -0.650. The molecule has 0 radical (unpaired) electrons. The molecule has 0 unspecified atom stereocenters. The molecule has 1 aliphatic rings. The van der Waals surface area contributed by atoms with E-state index in [0.717, 1.165) is 36.1 Å². The molecule has 0 spiro atoms. The highest BCUT2D eigenvalue weighted by Crippen LogP contribution is 2.37. The van der Waals surface area contributed by atoms with Gasteiger partial charge in [-0.1, -0.05) is 17.7 Å². The molecule has 1 aromatic heterocycles. The molecule has 2 aromatic rings. The number of esters is 1. The van der Waals surface area contributed by atoms with E-state index in [9.17, 15) is 14.4 Å². The molecule has 2 amide bonds. The van der Waals surface area contributed by atoms with Gasteiger partial charge in [0.05, 0.1) is 11.1 Å². The van der Waals surface area contributed by atoms with Crippen molar-refractivity contribution in [3.05, 3.63) is 50.9 Å². The van der Waals surface area contributed by atoms with Crippen molar-refractivity contribution in [2.75, 3.05) is 11.9 Å². The Kier molecular flexibility index (Phi) is 5.58. The van der Waals surface area contributed by atoms with Crippen molar-refractivity contribution < 1.29 is 19.1 Å². The lowest BCUT2D eigenvalue weighted by Crippen LogP contribution is -2.23. The number of aryl methyl sites for hydroxylation is 1. The smallest absolute Gasteiger partial charge is 0.338 e. The number of hydrogen-bond acceptors (Lipinski definition) is 5. The molecule has 6 nitrogen and oxygen atoms in total. The Morgan fingerprint density at radius 3 is 2.73 bits per heavy atom. The maximum atomic E-state index is 12.1. The Labute approximate surface area is 159 Å². The summed E-state index contributed by atoms with van der Waals surface area (Å²) < 4.78 is 5.00. The first kappa shape index (κ1) is 18.4. The minimum absolute atomic E-state index is 0.259. The third-order valence-electron chi connectivity index (χ3n) is 4.07. The van der Waals surface area contributed by atoms with Crippen LogP contribution in [-0.4, -0.2) is 24.4 Å². The number of carbonyl (C=O) groups excluding carboxylic acids is 3. The van der Waals surface area contributed by atoms with Crippen molar-refractivity contribution in [1.82, 2.24) is 0 Å². The Hall–Kier alpha value is -2.38. The van der Waals surface area contributed by atoms with Gasteiger partial charge in [-0.15, -0.1) is 11.3 Å². The molecule has 1 aromatic carbocycles. The summed E-state index contributed by atoms with van der Waals surface area (Å²) in [7, 11) is 0. The Morgan fingerprint density at radius 2 is 2.00 bits per heavy atom. The summed E-state index contributed by atoms with van der Waals surface area (Å²) in [6.07, 6.45) is 3.70. The van der Waals surface area contributed by atoms with Crippen LogP contribution >= 0.6 is 22.9 Å². The van der Waals surface area contributed by atoms with E-state index in [0.29, 0.717) is 15.6 Å². The quantitative estimate of drug-likeness (QED) is 0.763. The first-order chi connectivity index (χ1) is 12.5. The van der Waals surface area contributed by atoms with Crippen LogP contribution in [-0.2, 0) is 22.4 Å². The van der Waals surface area contributed by atoms with Gasteiger partial charge in [0.15, 0.2) is 6.61 Å². The fraction of sp³-hybridized carbons (Fsp3) is 0.278. The highest BCUT2D eigenvalue weighted by Gasteiger charge is 2.25. The van der Waals surface area contributed by atoms with Gasteiger partial charge in [-0.3, -0.25) is 9.59 Å². The van der Waals surface area contributed by atoms with E-state index >= 15 is 0 Å². The van der Waals surface area contributed by atoms with Crippen LogP contribution < -0.4 is 11.1 Å². The van der Waals surface area contributed by atoms with Crippen molar-refractivity contribution in [2.24, 2.45) is 5.73 Å². The molecule has 0 atom stereocenters. The molecule has 3 N–H and O–H groups in total. The lowest BCUT2D eigenvalue weighted by Gasteiger charge is -2.11. The lowest BCUT2D eigenvalue weighted by atomic mass is 9.95. The van der Waals surface area contributed by atoms with Crippen LogP contribution in [0.3, 0.4) is 0 Å². The highest BCUT2D eigenvalue weighted by molar-refractivity contribution is 7.17. The number of anilines is 1.